The van der Waals surface area contributed by atoms with Crippen LogP contribution >= 0.6 is 0 Å². The lowest BCUT2D eigenvalue weighted by Gasteiger charge is -2.31. The van der Waals surface area contributed by atoms with Crippen LogP contribution in [-0.2, 0) is 9.59 Å². The van der Waals surface area contributed by atoms with Gasteiger partial charge in [-0.15, -0.1) is 0 Å². The summed E-state index contributed by atoms with van der Waals surface area (Å²) < 4.78 is 0. The maximum Gasteiger partial charge on any atom is 0.238 e. The van der Waals surface area contributed by atoms with Crippen molar-refractivity contribution in [3.05, 3.63) is 24.3 Å². The number of aliphatic hydroxyl groups is 1. The largest absolute Gasteiger partial charge is 0.396 e. The SMILES string of the molecule is CC(=O)Nc1ccccc1NC(=O)CN(C)CC1(CO)CCCC1. The Morgan fingerprint density at radius 2 is 1.75 bits per heavy atom. The first kappa shape index (κ1) is 18.4. The molecule has 0 aliphatic heterocycles. The summed E-state index contributed by atoms with van der Waals surface area (Å²) >= 11 is 0. The Balaban J connectivity index is 1.92. The Morgan fingerprint density at radius 1 is 1.17 bits per heavy atom. The number of benzene rings is 1. The minimum absolute atomic E-state index is 0.0663. The molecule has 0 aromatic heterocycles. The second kappa shape index (κ2) is 8.26. The lowest BCUT2D eigenvalue weighted by molar-refractivity contribution is -0.117. The maximum atomic E-state index is 12.3. The molecule has 1 aliphatic rings. The summed E-state index contributed by atoms with van der Waals surface area (Å²) in [6.07, 6.45) is 4.32. The highest BCUT2D eigenvalue weighted by Gasteiger charge is 2.34. The highest BCUT2D eigenvalue weighted by molar-refractivity contribution is 5.99. The van der Waals surface area contributed by atoms with Gasteiger partial charge in [0.25, 0.3) is 0 Å². The molecule has 0 spiro atoms. The van der Waals surface area contributed by atoms with Crippen LogP contribution < -0.4 is 10.6 Å². The minimum Gasteiger partial charge on any atom is -0.396 e. The van der Waals surface area contributed by atoms with E-state index >= 15 is 0 Å². The highest BCUT2D eigenvalue weighted by Crippen LogP contribution is 2.38. The Bertz CT molecular complexity index is 583. The van der Waals surface area contributed by atoms with Gasteiger partial charge in [0.1, 0.15) is 0 Å². The molecule has 3 N–H and O–H groups in total. The summed E-state index contributed by atoms with van der Waals surface area (Å²) in [6, 6.07) is 7.12. The fourth-order valence-electron chi connectivity index (χ4n) is 3.45. The number of carbonyl (C=O) groups excluding carboxylic acids is 2. The highest BCUT2D eigenvalue weighted by atomic mass is 16.3. The molecular formula is C18H27N3O3. The predicted molar refractivity (Wildman–Crippen MR) is 94.9 cm³/mol. The smallest absolute Gasteiger partial charge is 0.238 e. The Hall–Kier alpha value is -1.92. The third-order valence-corrected chi connectivity index (χ3v) is 4.53. The molecule has 1 aromatic rings. The van der Waals surface area contributed by atoms with Crippen molar-refractivity contribution in [2.45, 2.75) is 32.6 Å². The van der Waals surface area contributed by atoms with Crippen molar-refractivity contribution in [3.63, 3.8) is 0 Å². The van der Waals surface area contributed by atoms with E-state index in [9.17, 15) is 14.7 Å². The zero-order chi connectivity index (χ0) is 17.6. The lowest BCUT2D eigenvalue weighted by Crippen LogP contribution is -2.40. The van der Waals surface area contributed by atoms with E-state index in [0.717, 1.165) is 25.7 Å². The quantitative estimate of drug-likeness (QED) is 0.713. The van der Waals surface area contributed by atoms with Gasteiger partial charge in [0, 0.05) is 25.5 Å². The van der Waals surface area contributed by atoms with E-state index in [1.54, 1.807) is 18.2 Å². The van der Waals surface area contributed by atoms with Crippen LogP contribution in [0.15, 0.2) is 24.3 Å². The summed E-state index contributed by atoms with van der Waals surface area (Å²) in [5.74, 6) is -0.318. The molecule has 6 heteroatoms. The van der Waals surface area contributed by atoms with E-state index in [0.29, 0.717) is 17.9 Å². The second-order valence-corrected chi connectivity index (χ2v) is 6.81. The third-order valence-electron chi connectivity index (χ3n) is 4.53. The number of hydrogen-bond donors (Lipinski definition) is 3. The number of rotatable bonds is 7. The van der Waals surface area contributed by atoms with E-state index in [1.165, 1.54) is 6.92 Å². The molecule has 2 rings (SSSR count). The van der Waals surface area contributed by atoms with Crippen LogP contribution in [0.25, 0.3) is 0 Å². The third kappa shape index (κ3) is 5.04. The van der Waals surface area contributed by atoms with Gasteiger partial charge in [0.05, 0.1) is 17.9 Å². The standard InChI is InChI=1S/C18H27N3O3/c1-14(23)19-15-7-3-4-8-16(15)20-17(24)11-21(2)12-18(13-22)9-5-6-10-18/h3-4,7-8,22H,5-6,9-13H2,1-2H3,(H,19,23)(H,20,24). The fourth-order valence-corrected chi connectivity index (χ4v) is 3.45. The van der Waals surface area contributed by atoms with E-state index in [1.807, 2.05) is 18.0 Å². The van der Waals surface area contributed by atoms with Crippen LogP contribution in [0, 0.1) is 5.41 Å². The van der Waals surface area contributed by atoms with Crippen LogP contribution in [0.3, 0.4) is 0 Å². The zero-order valence-corrected chi connectivity index (χ0v) is 14.5. The summed E-state index contributed by atoms with van der Waals surface area (Å²) in [7, 11) is 1.90. The van der Waals surface area contributed by atoms with Crippen LogP contribution in [0.5, 0.6) is 0 Å². The van der Waals surface area contributed by atoms with Gasteiger partial charge in [-0.3, -0.25) is 14.5 Å². The number of anilines is 2. The first-order chi connectivity index (χ1) is 11.4. The van der Waals surface area contributed by atoms with Gasteiger partial charge in [0.15, 0.2) is 0 Å². The molecule has 24 heavy (non-hydrogen) atoms. The van der Waals surface area contributed by atoms with Crippen LogP contribution in [0.2, 0.25) is 0 Å². The number of carbonyl (C=O) groups is 2. The summed E-state index contributed by atoms with van der Waals surface area (Å²) in [6.45, 7) is 2.56. The van der Waals surface area contributed by atoms with Gasteiger partial charge < -0.3 is 15.7 Å². The molecule has 132 valence electrons. The molecule has 0 saturated heterocycles. The second-order valence-electron chi connectivity index (χ2n) is 6.81. The molecule has 0 bridgehead atoms. The first-order valence-electron chi connectivity index (χ1n) is 8.40. The molecule has 6 nitrogen and oxygen atoms in total. The molecule has 0 heterocycles. The van der Waals surface area contributed by atoms with E-state index < -0.39 is 0 Å². The van der Waals surface area contributed by atoms with Gasteiger partial charge in [-0.1, -0.05) is 25.0 Å². The molecule has 1 fully saturated rings. The van der Waals surface area contributed by atoms with E-state index in [-0.39, 0.29) is 30.4 Å². The van der Waals surface area contributed by atoms with Crippen LogP contribution in [-0.4, -0.2) is 48.6 Å². The van der Waals surface area contributed by atoms with Crippen molar-refractivity contribution in [3.8, 4) is 0 Å². The van der Waals surface area contributed by atoms with Gasteiger partial charge in [-0.25, -0.2) is 0 Å². The number of aliphatic hydroxyl groups excluding tert-OH is 1. The zero-order valence-electron chi connectivity index (χ0n) is 14.5. The molecule has 0 unspecified atom stereocenters. The van der Waals surface area contributed by atoms with Crippen molar-refractivity contribution < 1.29 is 14.7 Å². The maximum absolute atomic E-state index is 12.3. The average molecular weight is 333 g/mol. The van der Waals surface area contributed by atoms with Crippen molar-refractivity contribution >= 4 is 23.2 Å². The number of nitrogens with one attached hydrogen (secondary N) is 2. The fraction of sp³-hybridized carbons (Fsp3) is 0.556. The Kier molecular flexibility index (Phi) is 6.34. The van der Waals surface area contributed by atoms with E-state index in [2.05, 4.69) is 10.6 Å². The molecule has 1 aromatic carbocycles. The predicted octanol–water partition coefficient (Wildman–Crippen LogP) is 2.07. The monoisotopic (exact) mass is 333 g/mol. The topological polar surface area (TPSA) is 81.7 Å². The summed E-state index contributed by atoms with van der Waals surface area (Å²) in [5, 5.41) is 15.2. The lowest BCUT2D eigenvalue weighted by atomic mass is 9.87. The molecule has 1 aliphatic carbocycles. The molecule has 0 atom stereocenters. The normalized spacial score (nSPS) is 16.2. The van der Waals surface area contributed by atoms with Gasteiger partial charge in [-0.2, -0.15) is 0 Å². The molecular weight excluding hydrogens is 306 g/mol. The molecule has 2 amide bonds. The van der Waals surface area contributed by atoms with Crippen LogP contribution in [0.4, 0.5) is 11.4 Å². The summed E-state index contributed by atoms with van der Waals surface area (Å²) in [4.78, 5) is 25.5. The molecule has 0 radical (unpaired) electrons. The number of likely N-dealkylation sites (N-methyl/N-ethyl adjacent to an activating group) is 1. The van der Waals surface area contributed by atoms with Crippen molar-refractivity contribution in [1.82, 2.24) is 4.90 Å². The Labute approximate surface area is 143 Å². The van der Waals surface area contributed by atoms with Gasteiger partial charge in [0.2, 0.25) is 11.8 Å². The number of para-hydroxylation sites is 2. The number of hydrogen-bond acceptors (Lipinski definition) is 4. The van der Waals surface area contributed by atoms with Crippen molar-refractivity contribution in [2.75, 3.05) is 37.4 Å². The van der Waals surface area contributed by atoms with Crippen LogP contribution in [0.1, 0.15) is 32.6 Å². The van der Waals surface area contributed by atoms with Gasteiger partial charge >= 0.3 is 0 Å². The first-order valence-corrected chi connectivity index (χ1v) is 8.40. The number of amides is 2. The number of nitrogens with zero attached hydrogens (tertiary/aromatic N) is 1. The van der Waals surface area contributed by atoms with Gasteiger partial charge in [-0.05, 0) is 32.0 Å². The Morgan fingerprint density at radius 3 is 2.29 bits per heavy atom. The van der Waals surface area contributed by atoms with Crippen molar-refractivity contribution in [2.24, 2.45) is 5.41 Å². The average Bonchev–Trinajstić information content (AvgIpc) is 2.97. The molecule has 1 saturated carbocycles. The minimum atomic E-state index is -0.181. The summed E-state index contributed by atoms with van der Waals surface area (Å²) in [5.41, 5.74) is 1.11. The van der Waals surface area contributed by atoms with Crippen molar-refractivity contribution in [1.29, 1.82) is 0 Å². The van der Waals surface area contributed by atoms with E-state index in [4.69, 9.17) is 0 Å².